The van der Waals surface area contributed by atoms with Crippen molar-refractivity contribution in [3.8, 4) is 5.69 Å². The van der Waals surface area contributed by atoms with Gasteiger partial charge in [0.15, 0.2) is 0 Å². The van der Waals surface area contributed by atoms with Crippen molar-refractivity contribution in [3.63, 3.8) is 0 Å². The van der Waals surface area contributed by atoms with E-state index >= 15 is 0 Å². The number of hydrogen-bond acceptors (Lipinski definition) is 2. The predicted molar refractivity (Wildman–Crippen MR) is 149 cm³/mol. The van der Waals surface area contributed by atoms with Crippen LogP contribution < -0.4 is 21.3 Å². The fraction of sp³-hybridized carbons (Fsp3) is 0. The predicted octanol–water partition coefficient (Wildman–Crippen LogP) is 5.35. The molecular formula is C32H22N4. The van der Waals surface area contributed by atoms with Gasteiger partial charge in [-0.25, -0.2) is 0 Å². The smallest absolute Gasteiger partial charge is 0.137 e. The van der Waals surface area contributed by atoms with Gasteiger partial charge in [0.25, 0.3) is 0 Å². The van der Waals surface area contributed by atoms with Crippen LogP contribution in [0.1, 0.15) is 0 Å². The Labute approximate surface area is 207 Å². The average Bonchev–Trinajstić information content (AvgIpc) is 3.51. The topological polar surface area (TPSA) is 33.9 Å². The van der Waals surface area contributed by atoms with Crippen molar-refractivity contribution in [2.75, 3.05) is 0 Å². The minimum atomic E-state index is 1.04. The Kier molecular flexibility index (Phi) is 3.91. The molecule has 3 heterocycles. The number of nitrogens with zero attached hydrogens (tertiary/aromatic N) is 2. The molecule has 1 aliphatic rings. The van der Waals surface area contributed by atoms with E-state index in [1.807, 2.05) is 6.20 Å². The zero-order valence-electron chi connectivity index (χ0n) is 19.4. The normalized spacial score (nSPS) is 13.1. The maximum absolute atomic E-state index is 3.43. The third-order valence-corrected chi connectivity index (χ3v) is 7.37. The number of benzene rings is 5. The molecule has 2 N–H and O–H groups in total. The second-order valence-electron chi connectivity index (χ2n) is 9.31. The molecule has 1 aliphatic heterocycles. The van der Waals surface area contributed by atoms with Crippen LogP contribution in [-0.2, 0) is 0 Å². The lowest BCUT2D eigenvalue weighted by molar-refractivity contribution is 0.777. The van der Waals surface area contributed by atoms with Crippen LogP contribution in [0.2, 0.25) is 0 Å². The van der Waals surface area contributed by atoms with Gasteiger partial charge >= 0.3 is 0 Å². The molecule has 4 heteroatoms. The highest BCUT2D eigenvalue weighted by atomic mass is 15.4. The van der Waals surface area contributed by atoms with E-state index in [0.717, 1.165) is 5.82 Å². The van der Waals surface area contributed by atoms with Crippen LogP contribution in [-0.4, -0.2) is 9.13 Å². The van der Waals surface area contributed by atoms with Crippen LogP contribution in [0.4, 0.5) is 0 Å². The van der Waals surface area contributed by atoms with Crippen molar-refractivity contribution >= 4 is 55.5 Å². The number of fused-ring (bicyclic) bond motifs is 7. The molecule has 7 aromatic rings. The van der Waals surface area contributed by atoms with Gasteiger partial charge in [0.1, 0.15) is 5.82 Å². The zero-order valence-corrected chi connectivity index (χ0v) is 19.4. The third kappa shape index (κ3) is 2.64. The van der Waals surface area contributed by atoms with E-state index in [-0.39, 0.29) is 0 Å². The molecule has 4 nitrogen and oxygen atoms in total. The van der Waals surface area contributed by atoms with E-state index in [1.54, 1.807) is 0 Å². The number of nitrogens with one attached hydrogen (secondary N) is 2. The molecule has 0 unspecified atom stereocenters. The van der Waals surface area contributed by atoms with Gasteiger partial charge in [-0.1, -0.05) is 66.7 Å². The first-order valence-electron chi connectivity index (χ1n) is 12.2. The maximum atomic E-state index is 3.43. The van der Waals surface area contributed by atoms with Crippen LogP contribution in [0, 0.1) is 0 Å². The van der Waals surface area contributed by atoms with E-state index in [0.29, 0.717) is 0 Å². The molecule has 0 atom stereocenters. The monoisotopic (exact) mass is 462 g/mol. The second kappa shape index (κ2) is 7.27. The summed E-state index contributed by atoms with van der Waals surface area (Å²) in [5.41, 5.74) is 11.4. The summed E-state index contributed by atoms with van der Waals surface area (Å²) in [7, 11) is 0. The summed E-state index contributed by atoms with van der Waals surface area (Å²) in [5, 5.41) is 8.60. The highest BCUT2D eigenvalue weighted by Crippen LogP contribution is 2.36. The van der Waals surface area contributed by atoms with Crippen molar-refractivity contribution in [2.45, 2.75) is 0 Å². The molecule has 36 heavy (non-hydrogen) atoms. The summed E-state index contributed by atoms with van der Waals surface area (Å²) in [4.78, 5) is 0. The Morgan fingerprint density at radius 3 is 2.31 bits per heavy atom. The summed E-state index contributed by atoms with van der Waals surface area (Å²) in [6, 6.07) is 39.1. The average molecular weight is 463 g/mol. The molecule has 0 radical (unpaired) electrons. The van der Waals surface area contributed by atoms with Gasteiger partial charge in [-0.15, -0.1) is 0 Å². The summed E-state index contributed by atoms with van der Waals surface area (Å²) in [5.74, 6) is 1.04. The Morgan fingerprint density at radius 1 is 0.556 bits per heavy atom. The Hall–Kier alpha value is -4.96. The van der Waals surface area contributed by atoms with Gasteiger partial charge in [0.05, 0.1) is 16.6 Å². The molecule has 0 saturated heterocycles. The lowest BCUT2D eigenvalue weighted by atomic mass is 10.0. The number of hydrogen-bond donors (Lipinski definition) is 2. The Balaban J connectivity index is 1.49. The standard InChI is InChI=1S/C32H22N4/c1-2-9-23(10-3-1)35-17-16-26-27-19-28-25-12-6-7-13-30(25)36(31(28)18-21(27)14-15-29(26)35)32-24-11-5-4-8-22(24)20-33-34-32/h1-20,33-34H. The van der Waals surface area contributed by atoms with Crippen LogP contribution in [0.5, 0.6) is 0 Å². The summed E-state index contributed by atoms with van der Waals surface area (Å²) in [6.07, 6.45) is 4.18. The minimum Gasteiger partial charge on any atom is -0.317 e. The summed E-state index contributed by atoms with van der Waals surface area (Å²) in [6.45, 7) is 0. The van der Waals surface area contributed by atoms with Crippen LogP contribution in [0.3, 0.4) is 0 Å². The van der Waals surface area contributed by atoms with Crippen molar-refractivity contribution in [1.29, 1.82) is 0 Å². The van der Waals surface area contributed by atoms with Crippen molar-refractivity contribution < 1.29 is 0 Å². The fourth-order valence-electron chi connectivity index (χ4n) is 5.73. The fourth-order valence-corrected chi connectivity index (χ4v) is 5.73. The lowest BCUT2D eigenvalue weighted by Crippen LogP contribution is -2.45. The first-order valence-corrected chi connectivity index (χ1v) is 12.2. The molecule has 170 valence electrons. The zero-order chi connectivity index (χ0) is 23.6. The highest BCUT2D eigenvalue weighted by Gasteiger charge is 2.17. The number of aromatic nitrogens is 2. The maximum Gasteiger partial charge on any atom is 0.137 e. The highest BCUT2D eigenvalue weighted by molar-refractivity contribution is 6.18. The molecule has 0 amide bonds. The van der Waals surface area contributed by atoms with Gasteiger partial charge in [-0.3, -0.25) is 9.99 Å². The molecular weight excluding hydrogens is 440 g/mol. The molecule has 0 fully saturated rings. The SMILES string of the molecule is C1=c2ccccc2=C(n2c3ccccc3c3cc4c(ccc5c4ccn5-c4ccccc4)cc32)NN1. The summed E-state index contributed by atoms with van der Waals surface area (Å²) >= 11 is 0. The minimum absolute atomic E-state index is 1.04. The number of para-hydroxylation sites is 2. The summed E-state index contributed by atoms with van der Waals surface area (Å²) < 4.78 is 4.62. The first-order chi connectivity index (χ1) is 17.9. The van der Waals surface area contributed by atoms with Crippen LogP contribution in [0.25, 0.3) is 61.2 Å². The number of rotatable bonds is 2. The quantitative estimate of drug-likeness (QED) is 0.363. The van der Waals surface area contributed by atoms with Gasteiger partial charge in [-0.05, 0) is 53.2 Å². The van der Waals surface area contributed by atoms with E-state index in [1.165, 1.54) is 59.6 Å². The second-order valence-corrected chi connectivity index (χ2v) is 9.31. The van der Waals surface area contributed by atoms with Gasteiger partial charge in [0.2, 0.25) is 0 Å². The van der Waals surface area contributed by atoms with E-state index in [4.69, 9.17) is 0 Å². The van der Waals surface area contributed by atoms with Gasteiger partial charge in [-0.2, -0.15) is 0 Å². The Bertz CT molecular complexity index is 2100. The van der Waals surface area contributed by atoms with Crippen LogP contribution >= 0.6 is 0 Å². The van der Waals surface area contributed by atoms with Gasteiger partial charge < -0.3 is 9.99 Å². The molecule has 0 saturated carbocycles. The van der Waals surface area contributed by atoms with Crippen molar-refractivity contribution in [2.24, 2.45) is 0 Å². The lowest BCUT2D eigenvalue weighted by Gasteiger charge is -2.18. The van der Waals surface area contributed by atoms with Crippen molar-refractivity contribution in [3.05, 3.63) is 126 Å². The van der Waals surface area contributed by atoms with Crippen molar-refractivity contribution in [1.82, 2.24) is 20.0 Å². The molecule has 5 aromatic carbocycles. The third-order valence-electron chi connectivity index (χ3n) is 7.37. The molecule has 2 aromatic heterocycles. The first kappa shape index (κ1) is 19.4. The molecule has 0 aliphatic carbocycles. The van der Waals surface area contributed by atoms with E-state index in [9.17, 15) is 0 Å². The number of hydrazine groups is 1. The van der Waals surface area contributed by atoms with Gasteiger partial charge in [0, 0.05) is 44.7 Å². The Morgan fingerprint density at radius 2 is 1.36 bits per heavy atom. The molecule has 8 rings (SSSR count). The van der Waals surface area contributed by atoms with Crippen LogP contribution in [0.15, 0.2) is 115 Å². The van der Waals surface area contributed by atoms with E-state index in [2.05, 4.69) is 135 Å². The van der Waals surface area contributed by atoms with E-state index < -0.39 is 0 Å². The molecule has 0 bridgehead atoms. The molecule has 0 spiro atoms. The largest absolute Gasteiger partial charge is 0.317 e.